The molecule has 1 aromatic carbocycles. The van der Waals surface area contributed by atoms with Gasteiger partial charge in [-0.05, 0) is 25.0 Å². The summed E-state index contributed by atoms with van der Waals surface area (Å²) >= 11 is 0. The first-order valence-corrected chi connectivity index (χ1v) is 7.43. The Kier molecular flexibility index (Phi) is 3.60. The maximum atomic E-state index is 12.7. The molecule has 0 saturated carbocycles. The van der Waals surface area contributed by atoms with Crippen LogP contribution in [0.2, 0.25) is 0 Å². The van der Waals surface area contributed by atoms with Crippen molar-refractivity contribution in [2.75, 3.05) is 19.0 Å². The van der Waals surface area contributed by atoms with Crippen LogP contribution in [0.15, 0.2) is 18.2 Å². The largest absolute Gasteiger partial charge is 0.377 e. The van der Waals surface area contributed by atoms with Crippen molar-refractivity contribution in [3.63, 3.8) is 0 Å². The fourth-order valence-corrected chi connectivity index (χ4v) is 3.18. The molecule has 1 fully saturated rings. The Hall–Kier alpha value is -2.37. The van der Waals surface area contributed by atoms with Gasteiger partial charge >= 0.3 is 0 Å². The van der Waals surface area contributed by atoms with Crippen LogP contribution in [-0.2, 0) is 16.1 Å². The van der Waals surface area contributed by atoms with E-state index < -0.39 is 6.04 Å². The van der Waals surface area contributed by atoms with Crippen LogP contribution in [0.3, 0.4) is 0 Å². The number of carbonyl (C=O) groups excluding carboxylic acids is 3. The molecule has 0 unspecified atom stereocenters. The number of nitrogens with one attached hydrogen (secondary N) is 1. The lowest BCUT2D eigenvalue weighted by molar-refractivity contribution is -0.132. The van der Waals surface area contributed by atoms with Crippen molar-refractivity contribution in [1.29, 1.82) is 0 Å². The average Bonchev–Trinajstić information content (AvgIpc) is 2.70. The predicted octanol–water partition coefficient (Wildman–Crippen LogP) is 0.904. The molecule has 1 N–H and O–H groups in total. The highest BCUT2D eigenvalue weighted by Gasteiger charge is 2.38. The van der Waals surface area contributed by atoms with Crippen molar-refractivity contribution < 1.29 is 14.4 Å². The van der Waals surface area contributed by atoms with Gasteiger partial charge in [-0.1, -0.05) is 6.07 Å². The van der Waals surface area contributed by atoms with Crippen molar-refractivity contribution in [2.45, 2.75) is 31.8 Å². The van der Waals surface area contributed by atoms with Crippen LogP contribution in [0.5, 0.6) is 0 Å². The zero-order valence-corrected chi connectivity index (χ0v) is 12.8. The second kappa shape index (κ2) is 5.44. The zero-order valence-electron chi connectivity index (χ0n) is 12.8. The van der Waals surface area contributed by atoms with E-state index in [0.717, 1.165) is 11.3 Å². The van der Waals surface area contributed by atoms with E-state index in [1.54, 1.807) is 11.0 Å². The number of hydrogen-bond acceptors (Lipinski definition) is 4. The summed E-state index contributed by atoms with van der Waals surface area (Å²) in [6, 6.07) is 5.05. The van der Waals surface area contributed by atoms with Crippen LogP contribution < -0.4 is 10.2 Å². The highest BCUT2D eigenvalue weighted by molar-refractivity contribution is 6.05. The van der Waals surface area contributed by atoms with E-state index in [1.165, 1.54) is 0 Å². The number of benzene rings is 1. The summed E-state index contributed by atoms with van der Waals surface area (Å²) in [7, 11) is 3.86. The van der Waals surface area contributed by atoms with Crippen LogP contribution in [0, 0.1) is 0 Å². The van der Waals surface area contributed by atoms with Crippen LogP contribution in [0.4, 0.5) is 5.69 Å². The van der Waals surface area contributed by atoms with Crippen LogP contribution in [0.25, 0.3) is 0 Å². The Morgan fingerprint density at radius 2 is 2.00 bits per heavy atom. The standard InChI is InChI=1S/C16H19N3O3/c1-18(2)12-6-3-5-10-11(12)9-19(16(10)22)13-7-4-8-14(20)17-15(13)21/h3,5-6,13H,4,7-9H2,1-2H3,(H,17,20,21)/t13-/m0/s1. The van der Waals surface area contributed by atoms with Gasteiger partial charge in [-0.3, -0.25) is 19.7 Å². The van der Waals surface area contributed by atoms with E-state index >= 15 is 0 Å². The molecular weight excluding hydrogens is 282 g/mol. The summed E-state index contributed by atoms with van der Waals surface area (Å²) in [4.78, 5) is 39.9. The number of rotatable bonds is 2. The summed E-state index contributed by atoms with van der Waals surface area (Å²) in [5.74, 6) is -0.756. The van der Waals surface area contributed by atoms with Crippen molar-refractivity contribution in [2.24, 2.45) is 0 Å². The number of carbonyl (C=O) groups is 3. The van der Waals surface area contributed by atoms with Crippen molar-refractivity contribution in [1.82, 2.24) is 10.2 Å². The molecule has 3 amide bonds. The van der Waals surface area contributed by atoms with Gasteiger partial charge in [0, 0.05) is 43.9 Å². The van der Waals surface area contributed by atoms with Crippen LogP contribution in [-0.4, -0.2) is 42.8 Å². The van der Waals surface area contributed by atoms with Crippen molar-refractivity contribution in [3.05, 3.63) is 29.3 Å². The van der Waals surface area contributed by atoms with Gasteiger partial charge in [0.25, 0.3) is 5.91 Å². The number of imide groups is 1. The lowest BCUT2D eigenvalue weighted by Gasteiger charge is -2.25. The normalized spacial score (nSPS) is 21.5. The minimum Gasteiger partial charge on any atom is -0.377 e. The molecule has 2 aliphatic rings. The lowest BCUT2D eigenvalue weighted by Crippen LogP contribution is -2.46. The number of fused-ring (bicyclic) bond motifs is 1. The zero-order chi connectivity index (χ0) is 15.9. The minimum atomic E-state index is -0.568. The van der Waals surface area contributed by atoms with E-state index in [2.05, 4.69) is 5.32 Å². The van der Waals surface area contributed by atoms with Gasteiger partial charge in [-0.2, -0.15) is 0 Å². The molecule has 116 valence electrons. The highest BCUT2D eigenvalue weighted by Crippen LogP contribution is 2.33. The molecule has 6 heteroatoms. The third-order valence-electron chi connectivity index (χ3n) is 4.28. The van der Waals surface area contributed by atoms with E-state index in [-0.39, 0.29) is 17.7 Å². The SMILES string of the molecule is CN(C)c1cccc2c1CN([C@H]1CCCC(=O)NC1=O)C2=O. The monoisotopic (exact) mass is 301 g/mol. The third kappa shape index (κ3) is 2.34. The maximum absolute atomic E-state index is 12.7. The van der Waals surface area contributed by atoms with E-state index in [1.807, 2.05) is 31.1 Å². The predicted molar refractivity (Wildman–Crippen MR) is 81.4 cm³/mol. The third-order valence-corrected chi connectivity index (χ3v) is 4.28. The number of hydrogen-bond donors (Lipinski definition) is 1. The molecule has 1 saturated heterocycles. The summed E-state index contributed by atoms with van der Waals surface area (Å²) in [5.41, 5.74) is 2.58. The number of nitrogens with zero attached hydrogens (tertiary/aromatic N) is 2. The fraction of sp³-hybridized carbons (Fsp3) is 0.438. The first-order valence-electron chi connectivity index (χ1n) is 7.43. The van der Waals surface area contributed by atoms with Gasteiger partial charge in [0.05, 0.1) is 0 Å². The molecule has 0 bridgehead atoms. The minimum absolute atomic E-state index is 0.131. The topological polar surface area (TPSA) is 69.7 Å². The van der Waals surface area contributed by atoms with E-state index in [9.17, 15) is 14.4 Å². The molecular formula is C16H19N3O3. The van der Waals surface area contributed by atoms with E-state index in [0.29, 0.717) is 31.4 Å². The lowest BCUT2D eigenvalue weighted by atomic mass is 10.1. The second-order valence-electron chi connectivity index (χ2n) is 5.95. The first kappa shape index (κ1) is 14.6. The molecule has 2 aliphatic heterocycles. The van der Waals surface area contributed by atoms with Crippen LogP contribution >= 0.6 is 0 Å². The van der Waals surface area contributed by atoms with Gasteiger partial charge in [0.15, 0.2) is 0 Å². The Labute approximate surface area is 129 Å². The Morgan fingerprint density at radius 1 is 1.23 bits per heavy atom. The van der Waals surface area contributed by atoms with Gasteiger partial charge < -0.3 is 9.80 Å². The molecule has 6 nitrogen and oxygen atoms in total. The quantitative estimate of drug-likeness (QED) is 0.824. The average molecular weight is 301 g/mol. The first-order chi connectivity index (χ1) is 10.5. The summed E-state index contributed by atoms with van der Waals surface area (Å²) in [6.07, 6.45) is 1.47. The molecule has 1 atom stereocenters. The molecule has 0 radical (unpaired) electrons. The molecule has 22 heavy (non-hydrogen) atoms. The van der Waals surface area contributed by atoms with Gasteiger partial charge in [0.1, 0.15) is 6.04 Å². The fourth-order valence-electron chi connectivity index (χ4n) is 3.18. The van der Waals surface area contributed by atoms with E-state index in [4.69, 9.17) is 0 Å². The summed E-state index contributed by atoms with van der Waals surface area (Å²) in [6.45, 7) is 0.412. The molecule has 0 spiro atoms. The molecule has 0 aliphatic carbocycles. The van der Waals surface area contributed by atoms with Gasteiger partial charge in [0.2, 0.25) is 11.8 Å². The molecule has 2 heterocycles. The Bertz CT molecular complexity index is 654. The van der Waals surface area contributed by atoms with Crippen LogP contribution in [0.1, 0.15) is 35.2 Å². The van der Waals surface area contributed by atoms with Crippen molar-refractivity contribution >= 4 is 23.4 Å². The van der Waals surface area contributed by atoms with Gasteiger partial charge in [-0.25, -0.2) is 0 Å². The molecule has 1 aromatic rings. The summed E-state index contributed by atoms with van der Waals surface area (Å²) in [5, 5.41) is 2.37. The Balaban J connectivity index is 1.92. The number of anilines is 1. The van der Waals surface area contributed by atoms with Gasteiger partial charge in [-0.15, -0.1) is 0 Å². The highest BCUT2D eigenvalue weighted by atomic mass is 16.2. The maximum Gasteiger partial charge on any atom is 0.255 e. The number of amides is 3. The Morgan fingerprint density at radius 3 is 2.73 bits per heavy atom. The smallest absolute Gasteiger partial charge is 0.255 e. The molecule has 3 rings (SSSR count). The van der Waals surface area contributed by atoms with Crippen molar-refractivity contribution in [3.8, 4) is 0 Å². The molecule has 0 aromatic heterocycles. The summed E-state index contributed by atoms with van der Waals surface area (Å²) < 4.78 is 0. The second-order valence-corrected chi connectivity index (χ2v) is 5.95.